The number of phenolic OH excluding ortho intramolecular Hbond substituents is 1. The molecule has 0 radical (unpaired) electrons. The van der Waals surface area contributed by atoms with Crippen molar-refractivity contribution in [3.8, 4) is 5.75 Å². The van der Waals surface area contributed by atoms with Crippen molar-refractivity contribution in [2.75, 3.05) is 24.3 Å². The standard InChI is InChI=1S/C16H19ClN2O/c1-11-8-13(19(2)3)5-6-15(11)18-10-12-4-7-16(20)14(17)9-12/h4-9,18,20H,10H2,1-3H3. The van der Waals surface area contributed by atoms with Gasteiger partial charge in [0.2, 0.25) is 0 Å². The first-order chi connectivity index (χ1) is 9.47. The largest absolute Gasteiger partial charge is 0.506 e. The lowest BCUT2D eigenvalue weighted by Gasteiger charge is -2.16. The molecule has 0 bridgehead atoms. The van der Waals surface area contributed by atoms with E-state index in [1.54, 1.807) is 12.1 Å². The minimum atomic E-state index is 0.113. The van der Waals surface area contributed by atoms with Crippen molar-refractivity contribution in [1.29, 1.82) is 0 Å². The minimum absolute atomic E-state index is 0.113. The van der Waals surface area contributed by atoms with Crippen molar-refractivity contribution in [3.05, 3.63) is 52.5 Å². The van der Waals surface area contributed by atoms with Gasteiger partial charge in [-0.2, -0.15) is 0 Å². The van der Waals surface area contributed by atoms with E-state index in [1.807, 2.05) is 20.2 Å². The summed E-state index contributed by atoms with van der Waals surface area (Å²) in [7, 11) is 4.06. The fourth-order valence-electron chi connectivity index (χ4n) is 1.98. The maximum atomic E-state index is 9.40. The summed E-state index contributed by atoms with van der Waals surface area (Å²) in [4.78, 5) is 2.08. The monoisotopic (exact) mass is 290 g/mol. The van der Waals surface area contributed by atoms with Gasteiger partial charge in [-0.3, -0.25) is 0 Å². The molecule has 2 aromatic rings. The van der Waals surface area contributed by atoms with Crippen molar-refractivity contribution in [2.24, 2.45) is 0 Å². The SMILES string of the molecule is Cc1cc(N(C)C)ccc1NCc1ccc(O)c(Cl)c1. The van der Waals surface area contributed by atoms with Crippen molar-refractivity contribution in [2.45, 2.75) is 13.5 Å². The van der Waals surface area contributed by atoms with E-state index in [0.717, 1.165) is 11.3 Å². The number of nitrogens with one attached hydrogen (secondary N) is 1. The summed E-state index contributed by atoms with van der Waals surface area (Å²) in [5.74, 6) is 0.113. The molecular weight excluding hydrogens is 272 g/mol. The van der Waals surface area contributed by atoms with Gasteiger partial charge in [-0.15, -0.1) is 0 Å². The Morgan fingerprint density at radius 1 is 1.15 bits per heavy atom. The van der Waals surface area contributed by atoms with Gasteiger partial charge >= 0.3 is 0 Å². The molecule has 0 aliphatic carbocycles. The van der Waals surface area contributed by atoms with Crippen LogP contribution in [-0.2, 0) is 6.54 Å². The van der Waals surface area contributed by atoms with E-state index < -0.39 is 0 Å². The molecule has 3 nitrogen and oxygen atoms in total. The van der Waals surface area contributed by atoms with Crippen LogP contribution in [0.3, 0.4) is 0 Å². The maximum absolute atomic E-state index is 9.40. The van der Waals surface area contributed by atoms with E-state index in [1.165, 1.54) is 11.3 Å². The van der Waals surface area contributed by atoms with E-state index in [2.05, 4.69) is 35.3 Å². The van der Waals surface area contributed by atoms with E-state index in [0.29, 0.717) is 11.6 Å². The Morgan fingerprint density at radius 3 is 2.50 bits per heavy atom. The molecule has 0 saturated carbocycles. The molecule has 0 spiro atoms. The summed E-state index contributed by atoms with van der Waals surface area (Å²) in [6.07, 6.45) is 0. The maximum Gasteiger partial charge on any atom is 0.134 e. The first-order valence-corrected chi connectivity index (χ1v) is 6.84. The third kappa shape index (κ3) is 3.36. The van der Waals surface area contributed by atoms with Crippen LogP contribution in [0.2, 0.25) is 5.02 Å². The molecule has 20 heavy (non-hydrogen) atoms. The zero-order valence-corrected chi connectivity index (χ0v) is 12.7. The van der Waals surface area contributed by atoms with Gasteiger partial charge in [0, 0.05) is 32.0 Å². The average Bonchev–Trinajstić information content (AvgIpc) is 2.41. The first-order valence-electron chi connectivity index (χ1n) is 6.46. The molecule has 0 aliphatic rings. The number of halogens is 1. The Hall–Kier alpha value is -1.87. The zero-order chi connectivity index (χ0) is 14.7. The van der Waals surface area contributed by atoms with Crippen LogP contribution in [0.4, 0.5) is 11.4 Å². The van der Waals surface area contributed by atoms with Gasteiger partial charge in [0.25, 0.3) is 0 Å². The number of anilines is 2. The summed E-state index contributed by atoms with van der Waals surface area (Å²) in [6, 6.07) is 11.5. The fourth-order valence-corrected chi connectivity index (χ4v) is 2.19. The molecule has 0 saturated heterocycles. The second-order valence-corrected chi connectivity index (χ2v) is 5.44. The molecule has 0 fully saturated rings. The second-order valence-electron chi connectivity index (χ2n) is 5.03. The summed E-state index contributed by atoms with van der Waals surface area (Å²) in [6.45, 7) is 2.75. The highest BCUT2D eigenvalue weighted by Gasteiger charge is 2.03. The molecular formula is C16H19ClN2O. The van der Waals surface area contributed by atoms with Gasteiger partial charge in [0.15, 0.2) is 0 Å². The van der Waals surface area contributed by atoms with Crippen LogP contribution in [0.5, 0.6) is 5.75 Å². The molecule has 0 unspecified atom stereocenters. The highest BCUT2D eigenvalue weighted by atomic mass is 35.5. The normalized spacial score (nSPS) is 10.4. The van der Waals surface area contributed by atoms with Crippen molar-refractivity contribution < 1.29 is 5.11 Å². The van der Waals surface area contributed by atoms with Crippen LogP contribution >= 0.6 is 11.6 Å². The van der Waals surface area contributed by atoms with Gasteiger partial charge in [-0.25, -0.2) is 0 Å². The van der Waals surface area contributed by atoms with Gasteiger partial charge in [0.1, 0.15) is 5.75 Å². The third-order valence-corrected chi connectivity index (χ3v) is 3.52. The number of aryl methyl sites for hydroxylation is 1. The molecule has 0 heterocycles. The molecule has 2 rings (SSSR count). The number of rotatable bonds is 4. The lowest BCUT2D eigenvalue weighted by Crippen LogP contribution is -2.09. The minimum Gasteiger partial charge on any atom is -0.506 e. The molecule has 2 N–H and O–H groups in total. The zero-order valence-electron chi connectivity index (χ0n) is 11.9. The third-order valence-electron chi connectivity index (χ3n) is 3.22. The molecule has 0 aliphatic heterocycles. The molecule has 0 aromatic heterocycles. The van der Waals surface area contributed by atoms with Crippen molar-refractivity contribution in [3.63, 3.8) is 0 Å². The van der Waals surface area contributed by atoms with Crippen molar-refractivity contribution in [1.82, 2.24) is 0 Å². The predicted molar refractivity (Wildman–Crippen MR) is 85.9 cm³/mol. The van der Waals surface area contributed by atoms with E-state index in [4.69, 9.17) is 11.6 Å². The number of benzene rings is 2. The Kier molecular flexibility index (Phi) is 4.40. The summed E-state index contributed by atoms with van der Waals surface area (Å²) in [5.41, 5.74) is 4.51. The number of hydrogen-bond donors (Lipinski definition) is 2. The first kappa shape index (κ1) is 14.5. The van der Waals surface area contributed by atoms with Crippen LogP contribution in [0, 0.1) is 6.92 Å². The van der Waals surface area contributed by atoms with E-state index in [9.17, 15) is 5.11 Å². The van der Waals surface area contributed by atoms with Crippen LogP contribution in [-0.4, -0.2) is 19.2 Å². The molecule has 2 aromatic carbocycles. The van der Waals surface area contributed by atoms with Crippen LogP contribution < -0.4 is 10.2 Å². The number of nitrogens with zero attached hydrogens (tertiary/aromatic N) is 1. The number of phenols is 1. The molecule has 0 atom stereocenters. The highest BCUT2D eigenvalue weighted by molar-refractivity contribution is 6.32. The summed E-state index contributed by atoms with van der Waals surface area (Å²) < 4.78 is 0. The Morgan fingerprint density at radius 2 is 1.90 bits per heavy atom. The van der Waals surface area contributed by atoms with Gasteiger partial charge < -0.3 is 15.3 Å². The second kappa shape index (κ2) is 6.06. The molecule has 4 heteroatoms. The Bertz CT molecular complexity index is 611. The average molecular weight is 291 g/mol. The summed E-state index contributed by atoms with van der Waals surface area (Å²) in [5, 5.41) is 13.2. The lowest BCUT2D eigenvalue weighted by atomic mass is 10.1. The van der Waals surface area contributed by atoms with Crippen LogP contribution in [0.15, 0.2) is 36.4 Å². The van der Waals surface area contributed by atoms with Crippen LogP contribution in [0.1, 0.15) is 11.1 Å². The fraction of sp³-hybridized carbons (Fsp3) is 0.250. The topological polar surface area (TPSA) is 35.5 Å². The van der Waals surface area contributed by atoms with Gasteiger partial charge in [-0.05, 0) is 48.4 Å². The summed E-state index contributed by atoms with van der Waals surface area (Å²) >= 11 is 5.90. The smallest absolute Gasteiger partial charge is 0.134 e. The lowest BCUT2D eigenvalue weighted by molar-refractivity contribution is 0.475. The number of hydrogen-bond acceptors (Lipinski definition) is 3. The van der Waals surface area contributed by atoms with Gasteiger partial charge in [0.05, 0.1) is 5.02 Å². The van der Waals surface area contributed by atoms with Crippen molar-refractivity contribution >= 4 is 23.0 Å². The highest BCUT2D eigenvalue weighted by Crippen LogP contribution is 2.25. The predicted octanol–water partition coefficient (Wildman–Crippen LogP) is 4.03. The van der Waals surface area contributed by atoms with Crippen LogP contribution in [0.25, 0.3) is 0 Å². The Labute approximate surface area is 124 Å². The molecule has 106 valence electrons. The quantitative estimate of drug-likeness (QED) is 0.892. The molecule has 0 amide bonds. The van der Waals surface area contributed by atoms with E-state index in [-0.39, 0.29) is 5.75 Å². The van der Waals surface area contributed by atoms with Gasteiger partial charge in [-0.1, -0.05) is 17.7 Å². The number of aromatic hydroxyl groups is 1. The van der Waals surface area contributed by atoms with E-state index >= 15 is 0 Å². The Balaban J connectivity index is 2.09.